The summed E-state index contributed by atoms with van der Waals surface area (Å²) in [5.74, 6) is -1.21. The Hall–Kier alpha value is -2.51. The van der Waals surface area contributed by atoms with E-state index < -0.39 is 37.1 Å². The molecule has 0 aliphatic rings. The van der Waals surface area contributed by atoms with E-state index in [4.69, 9.17) is 4.74 Å². The fourth-order valence-corrected chi connectivity index (χ4v) is 1.96. The minimum absolute atomic E-state index is 0.0454. The van der Waals surface area contributed by atoms with Crippen LogP contribution in [0.5, 0.6) is 5.75 Å². The highest BCUT2D eigenvalue weighted by molar-refractivity contribution is 5.78. The summed E-state index contributed by atoms with van der Waals surface area (Å²) in [6.07, 6.45) is 1.87. The van der Waals surface area contributed by atoms with Gasteiger partial charge in [-0.3, -0.25) is 9.78 Å². The second kappa shape index (κ2) is 8.21. The summed E-state index contributed by atoms with van der Waals surface area (Å²) in [5.41, 5.74) is 0.460. The van der Waals surface area contributed by atoms with Crippen molar-refractivity contribution in [2.75, 3.05) is 13.2 Å². The number of aliphatic hydroxyl groups excluding tert-OH is 2. The average Bonchev–Trinajstić information content (AvgIpc) is 2.59. The zero-order valence-corrected chi connectivity index (χ0v) is 12.2. The number of hydrogen-bond acceptors (Lipinski definition) is 5. The molecule has 0 unspecified atom stereocenters. The summed E-state index contributed by atoms with van der Waals surface area (Å²) in [6.45, 7) is -0.904. The number of benzene rings is 1. The first-order valence-electron chi connectivity index (χ1n) is 6.97. The fourth-order valence-electron chi connectivity index (χ4n) is 1.96. The maximum Gasteiger partial charge on any atom is 0.258 e. The minimum atomic E-state index is -1.12. The standard InChI is InChI=1S/C16H17FN2O4/c17-12-5-1-2-6-14(12)23-10-15(21)19-13(9-20)16(22)11-4-3-7-18-8-11/h1-8,13,16,20,22H,9-10H2,(H,19,21)/t13-,16-/m1/s1. The third-order valence-corrected chi connectivity index (χ3v) is 3.15. The van der Waals surface area contributed by atoms with Crippen LogP contribution in [0.25, 0.3) is 0 Å². The van der Waals surface area contributed by atoms with Crippen LogP contribution in [0.15, 0.2) is 48.8 Å². The summed E-state index contributed by atoms with van der Waals surface area (Å²) in [6, 6.07) is 8.05. The van der Waals surface area contributed by atoms with E-state index in [1.807, 2.05) is 0 Å². The predicted octanol–water partition coefficient (Wildman–Crippen LogP) is 0.810. The number of carbonyl (C=O) groups is 1. The highest BCUT2D eigenvalue weighted by Crippen LogP contribution is 2.16. The number of carbonyl (C=O) groups excluding carboxylic acids is 1. The van der Waals surface area contributed by atoms with E-state index in [2.05, 4.69) is 10.3 Å². The maximum atomic E-state index is 13.4. The van der Waals surface area contributed by atoms with Gasteiger partial charge in [-0.1, -0.05) is 18.2 Å². The van der Waals surface area contributed by atoms with Gasteiger partial charge in [0.15, 0.2) is 18.2 Å². The van der Waals surface area contributed by atoms with Crippen molar-refractivity contribution in [3.05, 3.63) is 60.2 Å². The van der Waals surface area contributed by atoms with Gasteiger partial charge < -0.3 is 20.3 Å². The lowest BCUT2D eigenvalue weighted by Gasteiger charge is -2.22. The summed E-state index contributed by atoms with van der Waals surface area (Å²) in [4.78, 5) is 15.7. The van der Waals surface area contributed by atoms with Gasteiger partial charge in [0.25, 0.3) is 5.91 Å². The Kier molecular flexibility index (Phi) is 6.02. The van der Waals surface area contributed by atoms with Gasteiger partial charge in [-0.15, -0.1) is 0 Å². The van der Waals surface area contributed by atoms with Crippen LogP contribution in [0.4, 0.5) is 4.39 Å². The molecular weight excluding hydrogens is 303 g/mol. The highest BCUT2D eigenvalue weighted by atomic mass is 19.1. The number of aliphatic hydroxyl groups is 2. The SMILES string of the molecule is O=C(COc1ccccc1F)N[C@H](CO)[C@H](O)c1cccnc1. The molecule has 0 saturated carbocycles. The van der Waals surface area contributed by atoms with Crippen LogP contribution in [0.1, 0.15) is 11.7 Å². The third-order valence-electron chi connectivity index (χ3n) is 3.15. The first-order chi connectivity index (χ1) is 11.1. The Morgan fingerprint density at radius 3 is 2.74 bits per heavy atom. The molecule has 0 radical (unpaired) electrons. The van der Waals surface area contributed by atoms with Gasteiger partial charge in [-0.25, -0.2) is 4.39 Å². The van der Waals surface area contributed by atoms with E-state index in [0.717, 1.165) is 0 Å². The maximum absolute atomic E-state index is 13.4. The predicted molar refractivity (Wildman–Crippen MR) is 80.1 cm³/mol. The lowest BCUT2D eigenvalue weighted by Crippen LogP contribution is -2.44. The number of rotatable bonds is 7. The van der Waals surface area contributed by atoms with Crippen LogP contribution < -0.4 is 10.1 Å². The molecule has 1 heterocycles. The summed E-state index contributed by atoms with van der Waals surface area (Å²) in [7, 11) is 0. The zero-order valence-electron chi connectivity index (χ0n) is 12.2. The lowest BCUT2D eigenvalue weighted by atomic mass is 10.0. The van der Waals surface area contributed by atoms with Crippen LogP contribution in [0.2, 0.25) is 0 Å². The smallest absolute Gasteiger partial charge is 0.258 e. The molecule has 0 aliphatic heterocycles. The second-order valence-electron chi connectivity index (χ2n) is 4.81. The van der Waals surface area contributed by atoms with Gasteiger partial charge in [0.2, 0.25) is 0 Å². The molecule has 23 heavy (non-hydrogen) atoms. The van der Waals surface area contributed by atoms with E-state index in [-0.39, 0.29) is 5.75 Å². The van der Waals surface area contributed by atoms with Crippen molar-refractivity contribution in [3.8, 4) is 5.75 Å². The monoisotopic (exact) mass is 320 g/mol. The van der Waals surface area contributed by atoms with Crippen LogP contribution in [0, 0.1) is 5.82 Å². The zero-order chi connectivity index (χ0) is 16.7. The van der Waals surface area contributed by atoms with Gasteiger partial charge in [0, 0.05) is 18.0 Å². The van der Waals surface area contributed by atoms with Gasteiger partial charge in [-0.2, -0.15) is 0 Å². The highest BCUT2D eigenvalue weighted by Gasteiger charge is 2.22. The molecule has 7 heteroatoms. The summed E-state index contributed by atoms with van der Waals surface area (Å²) >= 11 is 0. The van der Waals surface area contributed by atoms with Gasteiger partial charge >= 0.3 is 0 Å². The molecule has 0 spiro atoms. The van der Waals surface area contributed by atoms with Crippen LogP contribution in [-0.2, 0) is 4.79 Å². The molecule has 2 aromatic rings. The number of nitrogens with one attached hydrogen (secondary N) is 1. The summed E-state index contributed by atoms with van der Waals surface area (Å²) in [5, 5.41) is 21.9. The van der Waals surface area contributed by atoms with E-state index >= 15 is 0 Å². The number of pyridine rings is 1. The van der Waals surface area contributed by atoms with Crippen LogP contribution in [-0.4, -0.2) is 40.4 Å². The normalized spacial score (nSPS) is 13.2. The van der Waals surface area contributed by atoms with E-state index in [1.165, 1.54) is 24.4 Å². The van der Waals surface area contributed by atoms with Crippen molar-refractivity contribution in [3.63, 3.8) is 0 Å². The second-order valence-corrected chi connectivity index (χ2v) is 4.81. The minimum Gasteiger partial charge on any atom is -0.481 e. The number of hydrogen-bond donors (Lipinski definition) is 3. The largest absolute Gasteiger partial charge is 0.481 e. The molecule has 0 fully saturated rings. The van der Waals surface area contributed by atoms with Crippen molar-refractivity contribution in [2.45, 2.75) is 12.1 Å². The quantitative estimate of drug-likeness (QED) is 0.702. The molecule has 0 bridgehead atoms. The molecule has 2 rings (SSSR count). The number of amides is 1. The lowest BCUT2D eigenvalue weighted by molar-refractivity contribution is -0.125. The van der Waals surface area contributed by atoms with Crippen molar-refractivity contribution in [1.29, 1.82) is 0 Å². The first-order valence-corrected chi connectivity index (χ1v) is 6.97. The molecule has 1 amide bonds. The molecule has 0 aliphatic carbocycles. The average molecular weight is 320 g/mol. The number of halogens is 1. The molecule has 1 aromatic carbocycles. The Morgan fingerprint density at radius 2 is 2.09 bits per heavy atom. The molecule has 2 atom stereocenters. The number of aromatic nitrogens is 1. The van der Waals surface area contributed by atoms with Crippen LogP contribution in [0.3, 0.4) is 0 Å². The fraction of sp³-hybridized carbons (Fsp3) is 0.250. The number of para-hydroxylation sites is 1. The van der Waals surface area contributed by atoms with Gasteiger partial charge in [-0.05, 0) is 18.2 Å². The van der Waals surface area contributed by atoms with E-state index in [0.29, 0.717) is 5.56 Å². The topological polar surface area (TPSA) is 91.7 Å². The van der Waals surface area contributed by atoms with Crippen molar-refractivity contribution in [2.24, 2.45) is 0 Å². The van der Waals surface area contributed by atoms with Crippen LogP contribution >= 0.6 is 0 Å². The van der Waals surface area contributed by atoms with Gasteiger partial charge in [0.05, 0.1) is 12.6 Å². The van der Waals surface area contributed by atoms with Crippen molar-refractivity contribution < 1.29 is 24.1 Å². The van der Waals surface area contributed by atoms with E-state index in [1.54, 1.807) is 24.4 Å². The first kappa shape index (κ1) is 16.9. The third kappa shape index (κ3) is 4.73. The molecule has 122 valence electrons. The van der Waals surface area contributed by atoms with Gasteiger partial charge in [0.1, 0.15) is 6.10 Å². The summed E-state index contributed by atoms with van der Waals surface area (Å²) < 4.78 is 18.4. The Bertz CT molecular complexity index is 639. The number of nitrogens with zero attached hydrogens (tertiary/aromatic N) is 1. The molecule has 1 aromatic heterocycles. The Balaban J connectivity index is 1.91. The molecule has 0 saturated heterocycles. The molecule has 3 N–H and O–H groups in total. The van der Waals surface area contributed by atoms with E-state index in [9.17, 15) is 19.4 Å². The Labute approximate surface area is 132 Å². The molecule has 6 nitrogen and oxygen atoms in total. The number of ether oxygens (including phenoxy) is 1. The van der Waals surface area contributed by atoms with Crippen molar-refractivity contribution >= 4 is 5.91 Å². The molecular formula is C16H17FN2O4. The van der Waals surface area contributed by atoms with Crippen molar-refractivity contribution in [1.82, 2.24) is 10.3 Å². The Morgan fingerprint density at radius 1 is 1.30 bits per heavy atom.